The van der Waals surface area contributed by atoms with Crippen LogP contribution in [0.1, 0.15) is 23.2 Å². The number of aromatic nitrogens is 2. The first kappa shape index (κ1) is 16.3. The Hall–Kier alpha value is -2.19. The van der Waals surface area contributed by atoms with Crippen LogP contribution in [0.5, 0.6) is 0 Å². The molecule has 130 valence electrons. The molecule has 0 radical (unpaired) electrons. The summed E-state index contributed by atoms with van der Waals surface area (Å²) >= 11 is 1.36. The second kappa shape index (κ2) is 5.96. The van der Waals surface area contributed by atoms with Crippen molar-refractivity contribution in [2.24, 2.45) is 5.92 Å². The number of carbonyl (C=O) groups is 1. The molecule has 1 N–H and O–H groups in total. The summed E-state index contributed by atoms with van der Waals surface area (Å²) in [6, 6.07) is 4.93. The normalized spacial score (nSPS) is 14.8. The molecule has 1 aliphatic carbocycles. The van der Waals surface area contributed by atoms with Gasteiger partial charge in [0.25, 0.3) is 5.91 Å². The van der Waals surface area contributed by atoms with Crippen molar-refractivity contribution in [3.63, 3.8) is 0 Å². The first-order valence-electron chi connectivity index (χ1n) is 7.95. The van der Waals surface area contributed by atoms with Crippen molar-refractivity contribution in [2.45, 2.75) is 24.3 Å². The van der Waals surface area contributed by atoms with Gasteiger partial charge in [-0.05, 0) is 30.9 Å². The molecular formula is C17H17N3O3S2. The number of benzene rings is 1. The third kappa shape index (κ3) is 3.32. The third-order valence-corrected chi connectivity index (χ3v) is 6.13. The van der Waals surface area contributed by atoms with Crippen molar-refractivity contribution in [1.82, 2.24) is 9.55 Å². The van der Waals surface area contributed by atoms with E-state index < -0.39 is 9.84 Å². The summed E-state index contributed by atoms with van der Waals surface area (Å²) < 4.78 is 25.8. The van der Waals surface area contributed by atoms with Crippen LogP contribution >= 0.6 is 11.3 Å². The smallest absolute Gasteiger partial charge is 0.259 e. The molecular weight excluding hydrogens is 358 g/mol. The predicted octanol–water partition coefficient (Wildman–Crippen LogP) is 3.16. The van der Waals surface area contributed by atoms with Gasteiger partial charge in [0.2, 0.25) is 0 Å². The Kier molecular flexibility index (Phi) is 3.88. The number of hydrogen-bond acceptors (Lipinski definition) is 5. The molecule has 25 heavy (non-hydrogen) atoms. The topological polar surface area (TPSA) is 81.1 Å². The highest BCUT2D eigenvalue weighted by Crippen LogP contribution is 2.33. The Morgan fingerprint density at radius 2 is 2.20 bits per heavy atom. The lowest BCUT2D eigenvalue weighted by atomic mass is 10.1. The van der Waals surface area contributed by atoms with Crippen LogP contribution in [0.25, 0.3) is 10.9 Å². The summed E-state index contributed by atoms with van der Waals surface area (Å²) in [5.74, 6) is 0.369. The lowest BCUT2D eigenvalue weighted by Crippen LogP contribution is -2.11. The molecule has 0 saturated heterocycles. The maximum atomic E-state index is 12.6. The summed E-state index contributed by atoms with van der Waals surface area (Å²) in [5, 5.41) is 5.88. The summed E-state index contributed by atoms with van der Waals surface area (Å²) in [4.78, 5) is 17.0. The van der Waals surface area contributed by atoms with Gasteiger partial charge < -0.3 is 4.57 Å². The van der Waals surface area contributed by atoms with Crippen LogP contribution in [-0.4, -0.2) is 30.1 Å². The molecule has 2 aromatic heterocycles. The van der Waals surface area contributed by atoms with E-state index in [1.807, 2.05) is 10.8 Å². The van der Waals surface area contributed by atoms with E-state index >= 15 is 0 Å². The molecule has 3 aromatic rings. The van der Waals surface area contributed by atoms with Crippen LogP contribution in [0, 0.1) is 5.92 Å². The van der Waals surface area contributed by atoms with E-state index in [0.29, 0.717) is 16.6 Å². The van der Waals surface area contributed by atoms with Crippen LogP contribution in [-0.2, 0) is 16.4 Å². The first-order valence-corrected chi connectivity index (χ1v) is 10.7. The van der Waals surface area contributed by atoms with E-state index in [9.17, 15) is 13.2 Å². The molecule has 1 saturated carbocycles. The van der Waals surface area contributed by atoms with Gasteiger partial charge in [-0.15, -0.1) is 11.3 Å². The second-order valence-corrected chi connectivity index (χ2v) is 9.29. The lowest BCUT2D eigenvalue weighted by molar-refractivity contribution is 0.102. The molecule has 0 spiro atoms. The van der Waals surface area contributed by atoms with Crippen molar-refractivity contribution in [3.8, 4) is 0 Å². The number of hydrogen-bond donors (Lipinski definition) is 1. The van der Waals surface area contributed by atoms with Crippen molar-refractivity contribution in [2.75, 3.05) is 11.6 Å². The first-order chi connectivity index (χ1) is 11.9. The largest absolute Gasteiger partial charge is 0.346 e. The van der Waals surface area contributed by atoms with Gasteiger partial charge in [0.05, 0.1) is 16.0 Å². The molecule has 1 amide bonds. The van der Waals surface area contributed by atoms with Gasteiger partial charge in [0, 0.05) is 36.0 Å². The zero-order valence-electron chi connectivity index (χ0n) is 13.6. The average molecular weight is 375 g/mol. The van der Waals surface area contributed by atoms with E-state index in [0.717, 1.165) is 17.4 Å². The minimum absolute atomic E-state index is 0.235. The highest BCUT2D eigenvalue weighted by atomic mass is 32.2. The van der Waals surface area contributed by atoms with Gasteiger partial charge in [0.1, 0.15) is 0 Å². The van der Waals surface area contributed by atoms with Crippen molar-refractivity contribution < 1.29 is 13.2 Å². The molecule has 4 rings (SSSR count). The minimum Gasteiger partial charge on any atom is -0.346 e. The Labute approximate surface area is 149 Å². The number of rotatable bonds is 5. The Balaban J connectivity index is 1.79. The molecule has 8 heteroatoms. The van der Waals surface area contributed by atoms with E-state index in [-0.39, 0.29) is 10.8 Å². The summed E-state index contributed by atoms with van der Waals surface area (Å²) in [6.45, 7) is 0.800. The van der Waals surface area contributed by atoms with E-state index in [1.165, 1.54) is 30.4 Å². The maximum absolute atomic E-state index is 12.6. The average Bonchev–Trinajstić information content (AvgIpc) is 3.08. The molecule has 0 aliphatic heterocycles. The fourth-order valence-electron chi connectivity index (χ4n) is 2.86. The van der Waals surface area contributed by atoms with Crippen LogP contribution in [0.15, 0.2) is 40.9 Å². The minimum atomic E-state index is -3.30. The fourth-order valence-corrected chi connectivity index (χ4v) is 4.03. The standard InChI is InChI=1S/C17H17N3O3S2/c1-25(22,23)12-4-5-13-14(16(21)19-17-18-6-7-24-17)10-20(15(13)8-12)9-11-2-3-11/h4-8,10-11H,2-3,9H2,1H3,(H,18,19,21). The molecule has 6 nitrogen and oxygen atoms in total. The van der Waals surface area contributed by atoms with Gasteiger partial charge in [-0.2, -0.15) is 0 Å². The zero-order chi connectivity index (χ0) is 17.6. The Morgan fingerprint density at radius 1 is 1.40 bits per heavy atom. The molecule has 0 bridgehead atoms. The number of carbonyl (C=O) groups excluding carboxylic acids is 1. The van der Waals surface area contributed by atoms with Crippen LogP contribution in [0.3, 0.4) is 0 Å². The maximum Gasteiger partial charge on any atom is 0.259 e. The molecule has 1 aromatic carbocycles. The van der Waals surface area contributed by atoms with Crippen LogP contribution in [0.2, 0.25) is 0 Å². The van der Waals surface area contributed by atoms with Crippen molar-refractivity contribution in [1.29, 1.82) is 0 Å². The monoisotopic (exact) mass is 375 g/mol. The predicted molar refractivity (Wildman–Crippen MR) is 97.8 cm³/mol. The van der Waals surface area contributed by atoms with Gasteiger partial charge in [-0.25, -0.2) is 13.4 Å². The number of nitrogens with zero attached hydrogens (tertiary/aromatic N) is 2. The molecule has 1 fully saturated rings. The van der Waals surface area contributed by atoms with E-state index in [4.69, 9.17) is 0 Å². The quantitative estimate of drug-likeness (QED) is 0.743. The van der Waals surface area contributed by atoms with Gasteiger partial charge >= 0.3 is 0 Å². The van der Waals surface area contributed by atoms with Gasteiger partial charge in [-0.3, -0.25) is 10.1 Å². The van der Waals surface area contributed by atoms with E-state index in [1.54, 1.807) is 29.8 Å². The molecule has 0 unspecified atom stereocenters. The fraction of sp³-hybridized carbons (Fsp3) is 0.294. The number of amides is 1. The zero-order valence-corrected chi connectivity index (χ0v) is 15.2. The second-order valence-electron chi connectivity index (χ2n) is 6.38. The highest BCUT2D eigenvalue weighted by Gasteiger charge is 2.24. The molecule has 2 heterocycles. The lowest BCUT2D eigenvalue weighted by Gasteiger charge is -2.05. The summed E-state index contributed by atoms with van der Waals surface area (Å²) in [6.07, 6.45) is 6.99. The number of thiazole rings is 1. The van der Waals surface area contributed by atoms with E-state index in [2.05, 4.69) is 10.3 Å². The van der Waals surface area contributed by atoms with Crippen molar-refractivity contribution >= 4 is 43.1 Å². The number of anilines is 1. The third-order valence-electron chi connectivity index (χ3n) is 4.33. The molecule has 1 aliphatic rings. The SMILES string of the molecule is CS(=O)(=O)c1ccc2c(C(=O)Nc3nccs3)cn(CC3CC3)c2c1. The van der Waals surface area contributed by atoms with Crippen LogP contribution in [0.4, 0.5) is 5.13 Å². The highest BCUT2D eigenvalue weighted by molar-refractivity contribution is 7.90. The number of fused-ring (bicyclic) bond motifs is 1. The summed E-state index contributed by atoms with van der Waals surface area (Å²) in [7, 11) is -3.30. The van der Waals surface area contributed by atoms with Crippen molar-refractivity contribution in [3.05, 3.63) is 41.5 Å². The Morgan fingerprint density at radius 3 is 2.84 bits per heavy atom. The number of nitrogens with one attached hydrogen (secondary N) is 1. The summed E-state index contributed by atoms with van der Waals surface area (Å²) in [5.41, 5.74) is 1.31. The molecule has 0 atom stereocenters. The van der Waals surface area contributed by atoms with Gasteiger partial charge in [0.15, 0.2) is 15.0 Å². The van der Waals surface area contributed by atoms with Gasteiger partial charge in [-0.1, -0.05) is 6.07 Å². The Bertz CT molecular complexity index is 1050. The number of sulfone groups is 1. The van der Waals surface area contributed by atoms with Crippen LogP contribution < -0.4 is 5.32 Å².